The molecule has 5 aromatic rings. The molecule has 0 saturated heterocycles. The number of aromatic nitrogens is 3. The predicted octanol–water partition coefficient (Wildman–Crippen LogP) is 6.57. The number of benzene rings is 4. The van der Waals surface area contributed by atoms with Crippen molar-refractivity contribution in [2.75, 3.05) is 13.7 Å². The number of nitrogens with zero attached hydrogens (tertiary/aromatic N) is 4. The number of hydrogen-bond donors (Lipinski definition) is 0. The van der Waals surface area contributed by atoms with E-state index in [2.05, 4.69) is 28.4 Å². The highest BCUT2D eigenvalue weighted by molar-refractivity contribution is 7.99. The molecule has 198 valence electrons. The first-order valence-electron chi connectivity index (χ1n) is 12.2. The molecule has 8 nitrogen and oxygen atoms in total. The summed E-state index contributed by atoms with van der Waals surface area (Å²) in [5.74, 6) is 1.22. The summed E-state index contributed by atoms with van der Waals surface area (Å²) in [5.41, 5.74) is 2.38. The second-order valence-corrected chi connectivity index (χ2v) is 9.97. The van der Waals surface area contributed by atoms with Crippen molar-refractivity contribution in [2.45, 2.75) is 23.9 Å². The Morgan fingerprint density at radius 2 is 1.77 bits per heavy atom. The number of methoxy groups -OCH3 is 1. The largest absolute Gasteiger partial charge is 0.493 e. The Bertz CT molecular complexity index is 1620. The van der Waals surface area contributed by atoms with Gasteiger partial charge in [0.1, 0.15) is 23.5 Å². The van der Waals surface area contributed by atoms with Crippen molar-refractivity contribution in [3.63, 3.8) is 0 Å². The van der Waals surface area contributed by atoms with Crippen LogP contribution in [0.15, 0.2) is 90.1 Å². The number of fused-ring (bicyclic) bond motifs is 1. The third kappa shape index (κ3) is 5.85. The highest BCUT2D eigenvalue weighted by Crippen LogP contribution is 2.39. The molecule has 0 fully saturated rings. The average Bonchev–Trinajstić information content (AvgIpc) is 3.31. The average molecular weight is 545 g/mol. The number of nitro groups is 1. The SMILES string of the molecule is COc1cc([C@@H](C[N+](=O)[O-])Sc2nnc(C)n2-c2ccc(F)cc2)ccc1OCc1cccc2ccccc12. The summed E-state index contributed by atoms with van der Waals surface area (Å²) in [5, 5.41) is 22.1. The maximum atomic E-state index is 13.5. The van der Waals surface area contributed by atoms with Gasteiger partial charge >= 0.3 is 0 Å². The van der Waals surface area contributed by atoms with Gasteiger partial charge in [-0.1, -0.05) is 60.3 Å². The lowest BCUT2D eigenvalue weighted by molar-refractivity contribution is -0.479. The van der Waals surface area contributed by atoms with E-state index in [4.69, 9.17) is 9.47 Å². The fourth-order valence-corrected chi connectivity index (χ4v) is 5.52. The molecular weight excluding hydrogens is 519 g/mol. The number of ether oxygens (including phenoxy) is 2. The summed E-state index contributed by atoms with van der Waals surface area (Å²) < 4.78 is 27.0. The highest BCUT2D eigenvalue weighted by atomic mass is 32.2. The van der Waals surface area contributed by atoms with E-state index in [1.807, 2.05) is 24.3 Å². The van der Waals surface area contributed by atoms with Gasteiger partial charge in [-0.25, -0.2) is 4.39 Å². The van der Waals surface area contributed by atoms with E-state index in [1.165, 1.54) is 31.0 Å². The van der Waals surface area contributed by atoms with Crippen LogP contribution in [0.3, 0.4) is 0 Å². The van der Waals surface area contributed by atoms with Gasteiger partial charge in [-0.2, -0.15) is 0 Å². The first-order valence-corrected chi connectivity index (χ1v) is 13.0. The van der Waals surface area contributed by atoms with Gasteiger partial charge in [-0.15, -0.1) is 10.2 Å². The Morgan fingerprint density at radius 1 is 1.00 bits per heavy atom. The van der Waals surface area contributed by atoms with Crippen LogP contribution in [0.4, 0.5) is 4.39 Å². The van der Waals surface area contributed by atoms with Gasteiger partial charge in [0.15, 0.2) is 16.7 Å². The zero-order chi connectivity index (χ0) is 27.4. The lowest BCUT2D eigenvalue weighted by Gasteiger charge is -2.17. The van der Waals surface area contributed by atoms with E-state index in [-0.39, 0.29) is 17.3 Å². The van der Waals surface area contributed by atoms with E-state index >= 15 is 0 Å². The van der Waals surface area contributed by atoms with Crippen molar-refractivity contribution >= 4 is 22.5 Å². The lowest BCUT2D eigenvalue weighted by Crippen LogP contribution is -2.11. The van der Waals surface area contributed by atoms with Crippen molar-refractivity contribution < 1.29 is 18.8 Å². The summed E-state index contributed by atoms with van der Waals surface area (Å²) in [6, 6.07) is 25.4. The minimum absolute atomic E-state index is 0.337. The summed E-state index contributed by atoms with van der Waals surface area (Å²) in [7, 11) is 1.54. The van der Waals surface area contributed by atoms with Crippen LogP contribution in [-0.4, -0.2) is 33.3 Å². The summed E-state index contributed by atoms with van der Waals surface area (Å²) >= 11 is 1.21. The van der Waals surface area contributed by atoms with Crippen molar-refractivity contribution in [1.82, 2.24) is 14.8 Å². The maximum Gasteiger partial charge on any atom is 0.220 e. The van der Waals surface area contributed by atoms with Crippen molar-refractivity contribution in [2.24, 2.45) is 0 Å². The normalized spacial score (nSPS) is 11.9. The number of thioether (sulfide) groups is 1. The van der Waals surface area contributed by atoms with Crippen LogP contribution in [0.25, 0.3) is 16.5 Å². The van der Waals surface area contributed by atoms with Gasteiger partial charge in [0.05, 0.1) is 7.11 Å². The fraction of sp³-hybridized carbons (Fsp3) is 0.172. The zero-order valence-corrected chi connectivity index (χ0v) is 22.1. The number of rotatable bonds is 10. The Hall–Kier alpha value is -4.44. The summed E-state index contributed by atoms with van der Waals surface area (Å²) in [6.07, 6.45) is 0. The van der Waals surface area contributed by atoms with Crippen LogP contribution < -0.4 is 9.47 Å². The van der Waals surface area contributed by atoms with Crippen LogP contribution in [0, 0.1) is 22.9 Å². The predicted molar refractivity (Wildman–Crippen MR) is 148 cm³/mol. The van der Waals surface area contributed by atoms with Crippen LogP contribution in [-0.2, 0) is 6.61 Å². The zero-order valence-electron chi connectivity index (χ0n) is 21.3. The van der Waals surface area contributed by atoms with Gasteiger partial charge in [0, 0.05) is 10.6 Å². The topological polar surface area (TPSA) is 92.3 Å². The van der Waals surface area contributed by atoms with Crippen LogP contribution in [0.5, 0.6) is 11.5 Å². The molecule has 0 aliphatic carbocycles. The van der Waals surface area contributed by atoms with E-state index in [0.717, 1.165) is 16.3 Å². The fourth-order valence-electron chi connectivity index (χ4n) is 4.36. The van der Waals surface area contributed by atoms with Crippen molar-refractivity contribution in [3.05, 3.63) is 118 Å². The van der Waals surface area contributed by atoms with E-state index < -0.39 is 5.25 Å². The monoisotopic (exact) mass is 544 g/mol. The molecule has 10 heteroatoms. The van der Waals surface area contributed by atoms with E-state index in [0.29, 0.717) is 40.3 Å². The molecule has 0 radical (unpaired) electrons. The smallest absolute Gasteiger partial charge is 0.220 e. The third-order valence-electron chi connectivity index (χ3n) is 6.27. The first kappa shape index (κ1) is 26.2. The molecule has 0 unspecified atom stereocenters. The number of aryl methyl sites for hydroxylation is 1. The Morgan fingerprint density at radius 3 is 2.54 bits per heavy atom. The lowest BCUT2D eigenvalue weighted by atomic mass is 10.1. The second-order valence-electron chi connectivity index (χ2n) is 8.80. The highest BCUT2D eigenvalue weighted by Gasteiger charge is 2.25. The molecule has 1 heterocycles. The Labute approximate surface area is 228 Å². The van der Waals surface area contributed by atoms with Crippen LogP contribution >= 0.6 is 11.8 Å². The van der Waals surface area contributed by atoms with E-state index in [9.17, 15) is 14.5 Å². The molecule has 1 aromatic heterocycles. The third-order valence-corrected chi connectivity index (χ3v) is 7.45. The molecule has 5 rings (SSSR count). The molecule has 0 saturated carbocycles. The van der Waals surface area contributed by atoms with Crippen LogP contribution in [0.2, 0.25) is 0 Å². The Balaban J connectivity index is 1.41. The molecule has 0 bridgehead atoms. The van der Waals surface area contributed by atoms with E-state index in [1.54, 1.807) is 41.8 Å². The van der Waals surface area contributed by atoms with Gasteiger partial charge < -0.3 is 9.47 Å². The maximum absolute atomic E-state index is 13.5. The van der Waals surface area contributed by atoms with Gasteiger partial charge in [0.2, 0.25) is 6.54 Å². The van der Waals surface area contributed by atoms with Gasteiger partial charge in [-0.3, -0.25) is 14.7 Å². The number of hydrogen-bond acceptors (Lipinski definition) is 7. The molecular formula is C29H25FN4O4S. The minimum Gasteiger partial charge on any atom is -0.493 e. The minimum atomic E-state index is -0.594. The Kier molecular flexibility index (Phi) is 7.74. The second kappa shape index (κ2) is 11.5. The first-order chi connectivity index (χ1) is 18.9. The standard InChI is InChI=1S/C29H25FN4O4S/c1-19-31-32-29(34(19)24-13-11-23(30)12-14-24)39-28(17-33(35)36)21-10-15-26(27(16-21)37-2)38-18-22-8-5-7-20-6-3-4-9-25(20)22/h3-16,28H,17-18H2,1-2H3/t28-/m1/s1. The molecule has 0 aliphatic rings. The molecule has 0 N–H and O–H groups in total. The van der Waals surface area contributed by atoms with Crippen LogP contribution in [0.1, 0.15) is 22.2 Å². The molecule has 39 heavy (non-hydrogen) atoms. The van der Waals surface area contributed by atoms with Crippen molar-refractivity contribution in [3.8, 4) is 17.2 Å². The molecule has 1 atom stereocenters. The quantitative estimate of drug-likeness (QED) is 0.112. The molecule has 4 aromatic carbocycles. The molecule has 0 spiro atoms. The number of halogens is 1. The molecule has 0 amide bonds. The summed E-state index contributed by atoms with van der Waals surface area (Å²) in [4.78, 5) is 11.2. The van der Waals surface area contributed by atoms with Gasteiger partial charge in [-0.05, 0) is 65.2 Å². The molecule has 0 aliphatic heterocycles. The van der Waals surface area contributed by atoms with Gasteiger partial charge in [0.25, 0.3) is 0 Å². The van der Waals surface area contributed by atoms with Crippen molar-refractivity contribution in [1.29, 1.82) is 0 Å². The summed E-state index contributed by atoms with van der Waals surface area (Å²) in [6.45, 7) is 1.76.